The number of benzene rings is 3. The number of hydrogen-bond donors (Lipinski definition) is 2. The zero-order valence-corrected chi connectivity index (χ0v) is 18.6. The minimum absolute atomic E-state index is 0.0397. The summed E-state index contributed by atoms with van der Waals surface area (Å²) in [5, 5.41) is 11.7. The van der Waals surface area contributed by atoms with E-state index in [1.165, 1.54) is 61.5 Å². The zero-order chi connectivity index (χ0) is 24.1. The van der Waals surface area contributed by atoms with E-state index >= 15 is 0 Å². The molecule has 3 rings (SSSR count). The molecule has 0 spiro atoms. The van der Waals surface area contributed by atoms with Gasteiger partial charge in [0.15, 0.2) is 5.78 Å². The summed E-state index contributed by atoms with van der Waals surface area (Å²) in [6.45, 7) is -0.0615. The van der Waals surface area contributed by atoms with Crippen molar-refractivity contribution in [3.05, 3.63) is 87.9 Å². The lowest BCUT2D eigenvalue weighted by molar-refractivity contribution is 0.0767. The van der Waals surface area contributed by atoms with Gasteiger partial charge in [-0.05, 0) is 48.5 Å². The van der Waals surface area contributed by atoms with Gasteiger partial charge in [0.25, 0.3) is 5.91 Å². The van der Waals surface area contributed by atoms with E-state index in [9.17, 15) is 18.4 Å². The summed E-state index contributed by atoms with van der Waals surface area (Å²) in [6, 6.07) is 12.1. The third-order valence-corrected chi connectivity index (χ3v) is 5.23. The number of hydrogen-bond acceptors (Lipinski definition) is 5. The quantitative estimate of drug-likeness (QED) is 0.464. The molecule has 0 heterocycles. The predicted molar refractivity (Wildman–Crippen MR) is 122 cm³/mol. The molecule has 6 nitrogen and oxygen atoms in total. The molecular formula is C24H21ClF2N2O4. The molecule has 0 fully saturated rings. The molecule has 0 aliphatic heterocycles. The summed E-state index contributed by atoms with van der Waals surface area (Å²) in [7, 11) is 2.92. The first-order valence-electron chi connectivity index (χ1n) is 9.86. The normalized spacial score (nSPS) is 10.6. The average Bonchev–Trinajstić information content (AvgIpc) is 2.80. The molecule has 3 aromatic carbocycles. The lowest BCUT2D eigenvalue weighted by Crippen LogP contribution is -2.29. The van der Waals surface area contributed by atoms with Crippen LogP contribution in [0.5, 0.6) is 5.75 Å². The van der Waals surface area contributed by atoms with E-state index in [-0.39, 0.29) is 57.9 Å². The zero-order valence-electron chi connectivity index (χ0n) is 17.9. The lowest BCUT2D eigenvalue weighted by Gasteiger charge is -2.17. The summed E-state index contributed by atoms with van der Waals surface area (Å²) in [5.74, 6) is -2.18. The van der Waals surface area contributed by atoms with Crippen molar-refractivity contribution in [1.29, 1.82) is 0 Å². The van der Waals surface area contributed by atoms with E-state index in [1.54, 1.807) is 0 Å². The summed E-state index contributed by atoms with van der Waals surface area (Å²) in [4.78, 5) is 27.1. The smallest absolute Gasteiger partial charge is 0.253 e. The first kappa shape index (κ1) is 24.2. The molecule has 0 aromatic heterocycles. The van der Waals surface area contributed by atoms with Crippen molar-refractivity contribution in [3.8, 4) is 5.75 Å². The number of methoxy groups -OCH3 is 1. The van der Waals surface area contributed by atoms with Gasteiger partial charge in [0.05, 0.1) is 24.3 Å². The maximum Gasteiger partial charge on any atom is 0.253 e. The minimum atomic E-state index is -0.774. The predicted octanol–water partition coefficient (Wildman–Crippen LogP) is 4.67. The van der Waals surface area contributed by atoms with Gasteiger partial charge in [0.1, 0.15) is 23.1 Å². The minimum Gasteiger partial charge on any atom is -0.496 e. The molecule has 33 heavy (non-hydrogen) atoms. The van der Waals surface area contributed by atoms with Gasteiger partial charge in [0, 0.05) is 30.4 Å². The molecule has 9 heteroatoms. The van der Waals surface area contributed by atoms with Gasteiger partial charge in [-0.25, -0.2) is 8.78 Å². The molecule has 0 aliphatic rings. The number of nitrogens with one attached hydrogen (secondary N) is 1. The fraction of sp³-hybridized carbons (Fsp3) is 0.167. The molecular weight excluding hydrogens is 454 g/mol. The van der Waals surface area contributed by atoms with Crippen molar-refractivity contribution in [2.75, 3.05) is 32.6 Å². The van der Waals surface area contributed by atoms with Crippen molar-refractivity contribution in [2.45, 2.75) is 0 Å². The number of anilines is 2. The van der Waals surface area contributed by atoms with E-state index in [0.29, 0.717) is 0 Å². The molecule has 0 radical (unpaired) electrons. The molecule has 0 saturated heterocycles. The van der Waals surface area contributed by atoms with E-state index in [0.717, 1.165) is 12.1 Å². The standard InChI is InChI=1S/C24H21ClF2N2O4/c1-29(10-11-30)24(32)14-6-9-21(33-2)17(12-14)23(31)16-8-7-15(13-18(16)25)28-22-19(26)4-3-5-20(22)27/h3-9,12-13,28,30H,10-11H2,1-2H3. The average molecular weight is 475 g/mol. The number of para-hydroxylation sites is 1. The van der Waals surface area contributed by atoms with E-state index in [2.05, 4.69) is 5.32 Å². The number of carbonyl (C=O) groups is 2. The van der Waals surface area contributed by atoms with Gasteiger partial charge in [-0.2, -0.15) is 0 Å². The number of likely N-dealkylation sites (N-methyl/N-ethyl adjacent to an activating group) is 1. The van der Waals surface area contributed by atoms with Crippen molar-refractivity contribution >= 4 is 34.7 Å². The number of carbonyl (C=O) groups excluding carboxylic acids is 2. The third kappa shape index (κ3) is 5.30. The Bertz CT molecular complexity index is 1180. The Kier molecular flexibility index (Phi) is 7.63. The van der Waals surface area contributed by atoms with Gasteiger partial charge in [-0.1, -0.05) is 17.7 Å². The van der Waals surface area contributed by atoms with Gasteiger partial charge >= 0.3 is 0 Å². The highest BCUT2D eigenvalue weighted by Crippen LogP contribution is 2.30. The number of ether oxygens (including phenoxy) is 1. The Morgan fingerprint density at radius 2 is 1.76 bits per heavy atom. The van der Waals surface area contributed by atoms with Crippen LogP contribution in [0.15, 0.2) is 54.6 Å². The van der Waals surface area contributed by atoms with Crippen LogP contribution in [0.25, 0.3) is 0 Å². The highest BCUT2D eigenvalue weighted by molar-refractivity contribution is 6.35. The van der Waals surface area contributed by atoms with Crippen LogP contribution in [0.4, 0.5) is 20.2 Å². The van der Waals surface area contributed by atoms with E-state index in [1.807, 2.05) is 0 Å². The Hall–Kier alpha value is -3.49. The van der Waals surface area contributed by atoms with E-state index < -0.39 is 17.4 Å². The van der Waals surface area contributed by atoms with Gasteiger partial charge in [-0.15, -0.1) is 0 Å². The first-order valence-corrected chi connectivity index (χ1v) is 10.2. The molecule has 3 aromatic rings. The molecule has 0 aliphatic carbocycles. The summed E-state index contributed by atoms with van der Waals surface area (Å²) in [5.41, 5.74) is 0.403. The molecule has 2 N–H and O–H groups in total. The number of amides is 1. The van der Waals surface area contributed by atoms with Crippen molar-refractivity contribution in [2.24, 2.45) is 0 Å². The Morgan fingerprint density at radius 1 is 1.06 bits per heavy atom. The lowest BCUT2D eigenvalue weighted by atomic mass is 9.99. The molecule has 0 unspecified atom stereocenters. The molecule has 0 bridgehead atoms. The van der Waals surface area contributed by atoms with Crippen molar-refractivity contribution in [3.63, 3.8) is 0 Å². The maximum absolute atomic E-state index is 13.9. The Labute approximate surface area is 194 Å². The van der Waals surface area contributed by atoms with Crippen LogP contribution in [0.3, 0.4) is 0 Å². The van der Waals surface area contributed by atoms with Gasteiger partial charge < -0.3 is 20.1 Å². The fourth-order valence-electron chi connectivity index (χ4n) is 3.17. The highest BCUT2D eigenvalue weighted by Gasteiger charge is 2.21. The van der Waals surface area contributed by atoms with Crippen molar-refractivity contribution in [1.82, 2.24) is 4.90 Å². The number of halogens is 3. The van der Waals surface area contributed by atoms with Crippen LogP contribution in [-0.2, 0) is 0 Å². The molecule has 0 saturated carbocycles. The summed E-state index contributed by atoms with van der Waals surface area (Å²) >= 11 is 6.32. The van der Waals surface area contributed by atoms with Crippen LogP contribution in [0.1, 0.15) is 26.3 Å². The van der Waals surface area contributed by atoms with Crippen molar-refractivity contribution < 1.29 is 28.2 Å². The second kappa shape index (κ2) is 10.4. The number of aliphatic hydroxyl groups excluding tert-OH is 1. The maximum atomic E-state index is 13.9. The molecule has 0 atom stereocenters. The topological polar surface area (TPSA) is 78.9 Å². The largest absolute Gasteiger partial charge is 0.496 e. The summed E-state index contributed by atoms with van der Waals surface area (Å²) < 4.78 is 33.1. The van der Waals surface area contributed by atoms with Crippen LogP contribution < -0.4 is 10.1 Å². The number of ketones is 1. The number of rotatable bonds is 8. The van der Waals surface area contributed by atoms with Crippen LogP contribution >= 0.6 is 11.6 Å². The Balaban J connectivity index is 1.93. The van der Waals surface area contributed by atoms with Crippen LogP contribution in [0.2, 0.25) is 5.02 Å². The molecule has 172 valence electrons. The first-order chi connectivity index (χ1) is 15.8. The molecule has 1 amide bonds. The number of nitrogens with zero attached hydrogens (tertiary/aromatic N) is 1. The van der Waals surface area contributed by atoms with Gasteiger partial charge in [0.2, 0.25) is 0 Å². The number of aliphatic hydroxyl groups is 1. The monoisotopic (exact) mass is 474 g/mol. The third-order valence-electron chi connectivity index (χ3n) is 4.92. The highest BCUT2D eigenvalue weighted by atomic mass is 35.5. The van der Waals surface area contributed by atoms with E-state index in [4.69, 9.17) is 21.4 Å². The second-order valence-electron chi connectivity index (χ2n) is 7.11. The van der Waals surface area contributed by atoms with Gasteiger partial charge in [-0.3, -0.25) is 9.59 Å². The van der Waals surface area contributed by atoms with Crippen LogP contribution in [-0.4, -0.2) is 49.0 Å². The van der Waals surface area contributed by atoms with Crippen LogP contribution in [0, 0.1) is 11.6 Å². The summed E-state index contributed by atoms with van der Waals surface area (Å²) in [6.07, 6.45) is 0. The fourth-order valence-corrected chi connectivity index (χ4v) is 3.44. The second-order valence-corrected chi connectivity index (χ2v) is 7.52. The Morgan fingerprint density at radius 3 is 2.36 bits per heavy atom. The SMILES string of the molecule is COc1ccc(C(=O)N(C)CCO)cc1C(=O)c1ccc(Nc2c(F)cccc2F)cc1Cl.